The summed E-state index contributed by atoms with van der Waals surface area (Å²) in [6.07, 6.45) is 0. The van der Waals surface area contributed by atoms with Crippen LogP contribution in [-0.2, 0) is 15.4 Å². The first-order valence-electron chi connectivity index (χ1n) is 12.5. The van der Waals surface area contributed by atoms with Crippen molar-refractivity contribution in [3.05, 3.63) is 40.4 Å². The van der Waals surface area contributed by atoms with E-state index < -0.39 is 15.9 Å². The number of ether oxygens (including phenoxy) is 3. The number of hydrogen-bond donors (Lipinski definition) is 3. The molecule has 3 aromatic rings. The van der Waals surface area contributed by atoms with E-state index in [1.807, 2.05) is 19.1 Å². The van der Waals surface area contributed by atoms with Gasteiger partial charge in [-0.05, 0) is 43.4 Å². The molecule has 0 radical (unpaired) electrons. The third-order valence-electron chi connectivity index (χ3n) is 5.50. The van der Waals surface area contributed by atoms with Gasteiger partial charge in [0.1, 0.15) is 11.4 Å². The molecule has 2 aromatic heterocycles. The van der Waals surface area contributed by atoms with Crippen molar-refractivity contribution >= 4 is 38.9 Å². The predicted octanol–water partition coefficient (Wildman–Crippen LogP) is 4.34. The second-order valence-electron chi connectivity index (χ2n) is 10.2. The highest BCUT2D eigenvalue weighted by Gasteiger charge is 2.22. The number of benzene rings is 1. The molecule has 3 N–H and O–H groups in total. The molecule has 0 fully saturated rings. The number of amides is 1. The van der Waals surface area contributed by atoms with Gasteiger partial charge in [-0.3, -0.25) is 4.79 Å². The van der Waals surface area contributed by atoms with Crippen LogP contribution in [0.3, 0.4) is 0 Å². The maximum Gasteiger partial charge on any atom is 0.279 e. The molecule has 218 valence electrons. The van der Waals surface area contributed by atoms with Crippen LogP contribution in [0.1, 0.15) is 56.2 Å². The minimum atomic E-state index is -3.47. The van der Waals surface area contributed by atoms with Crippen molar-refractivity contribution in [3.63, 3.8) is 0 Å². The van der Waals surface area contributed by atoms with E-state index in [4.69, 9.17) is 14.2 Å². The topological polar surface area (TPSA) is 154 Å². The lowest BCUT2D eigenvalue weighted by Gasteiger charge is -2.20. The Morgan fingerprint density at radius 3 is 2.30 bits per heavy atom. The van der Waals surface area contributed by atoms with Crippen LogP contribution in [0.5, 0.6) is 22.7 Å². The number of nitrogens with zero attached hydrogens (tertiary/aromatic N) is 3. The first-order chi connectivity index (χ1) is 18.7. The molecule has 0 atom stereocenters. The van der Waals surface area contributed by atoms with Gasteiger partial charge in [0.05, 0.1) is 20.0 Å². The second kappa shape index (κ2) is 12.8. The molecule has 0 saturated heterocycles. The number of rotatable bonds is 12. The molecule has 12 nitrogen and oxygen atoms in total. The van der Waals surface area contributed by atoms with Crippen LogP contribution in [0, 0.1) is 6.92 Å². The number of hydrogen-bond acceptors (Lipinski definition) is 11. The molecule has 2 heterocycles. The van der Waals surface area contributed by atoms with Gasteiger partial charge in [-0.15, -0.1) is 0 Å². The van der Waals surface area contributed by atoms with Crippen LogP contribution >= 0.6 is 11.3 Å². The fourth-order valence-corrected chi connectivity index (χ4v) is 5.34. The summed E-state index contributed by atoms with van der Waals surface area (Å²) in [5.74, 6) is 0.0497. The number of carbonyl (C=O) groups excluding carboxylic acids is 1. The van der Waals surface area contributed by atoms with E-state index in [9.17, 15) is 13.2 Å². The van der Waals surface area contributed by atoms with Gasteiger partial charge in [0.25, 0.3) is 11.1 Å². The Bertz CT molecular complexity index is 1430. The van der Waals surface area contributed by atoms with E-state index in [1.54, 1.807) is 19.2 Å². The summed E-state index contributed by atoms with van der Waals surface area (Å²) in [7, 11) is -0.718. The van der Waals surface area contributed by atoms with Gasteiger partial charge < -0.3 is 24.8 Å². The fraction of sp³-hybridized carbons (Fsp3) is 0.462. The number of sulfonamides is 1. The van der Waals surface area contributed by atoms with Gasteiger partial charge in [0.2, 0.25) is 27.7 Å². The Morgan fingerprint density at radius 2 is 1.73 bits per heavy atom. The molecule has 0 aliphatic rings. The van der Waals surface area contributed by atoms with Crippen LogP contribution < -0.4 is 29.6 Å². The highest BCUT2D eigenvalue weighted by molar-refractivity contribution is 7.89. The van der Waals surface area contributed by atoms with E-state index in [0.717, 1.165) is 11.1 Å². The van der Waals surface area contributed by atoms with Crippen LogP contribution in [0.4, 0.5) is 11.6 Å². The number of anilines is 2. The second-order valence-corrected chi connectivity index (χ2v) is 12.9. The van der Waals surface area contributed by atoms with Crippen molar-refractivity contribution in [1.82, 2.24) is 19.7 Å². The molecule has 14 heteroatoms. The number of aromatic nitrogens is 3. The van der Waals surface area contributed by atoms with E-state index >= 15 is 0 Å². The number of aryl methyl sites for hydroxylation is 1. The lowest BCUT2D eigenvalue weighted by Crippen LogP contribution is -2.34. The summed E-state index contributed by atoms with van der Waals surface area (Å²) >= 11 is 1.19. The summed E-state index contributed by atoms with van der Waals surface area (Å²) < 4.78 is 43.3. The molecule has 0 bridgehead atoms. The highest BCUT2D eigenvalue weighted by atomic mass is 32.2. The molecule has 40 heavy (non-hydrogen) atoms. The average molecular weight is 593 g/mol. The monoisotopic (exact) mass is 592 g/mol. The molecule has 0 aliphatic carbocycles. The van der Waals surface area contributed by atoms with Crippen LogP contribution in [0.15, 0.2) is 23.6 Å². The van der Waals surface area contributed by atoms with Crippen molar-refractivity contribution in [1.29, 1.82) is 0 Å². The maximum absolute atomic E-state index is 13.0. The minimum Gasteiger partial charge on any atom is -0.479 e. The normalized spacial score (nSPS) is 11.8. The van der Waals surface area contributed by atoms with Gasteiger partial charge in [-0.1, -0.05) is 44.2 Å². The quantitative estimate of drug-likeness (QED) is 0.277. The van der Waals surface area contributed by atoms with Crippen molar-refractivity contribution < 1.29 is 27.4 Å². The zero-order chi connectivity index (χ0) is 29.7. The summed E-state index contributed by atoms with van der Waals surface area (Å²) in [6.45, 7) is 11.8. The molecule has 0 spiro atoms. The highest BCUT2D eigenvalue weighted by Crippen LogP contribution is 2.35. The zero-order valence-electron chi connectivity index (χ0n) is 23.9. The summed E-state index contributed by atoms with van der Waals surface area (Å²) in [5.41, 5.74) is 2.24. The zero-order valence-corrected chi connectivity index (χ0v) is 25.5. The van der Waals surface area contributed by atoms with E-state index in [-0.39, 0.29) is 52.8 Å². The average Bonchev–Trinajstić information content (AvgIpc) is 3.33. The van der Waals surface area contributed by atoms with Crippen molar-refractivity contribution in [2.75, 3.05) is 37.2 Å². The third-order valence-corrected chi connectivity index (χ3v) is 7.79. The molecule has 3 rings (SSSR count). The van der Waals surface area contributed by atoms with Gasteiger partial charge in [0, 0.05) is 18.0 Å². The Labute approximate surface area is 239 Å². The molecule has 0 aliphatic heterocycles. The Kier molecular flexibility index (Phi) is 9.92. The van der Waals surface area contributed by atoms with Crippen LogP contribution in [-0.4, -0.2) is 61.8 Å². The fourth-order valence-electron chi connectivity index (χ4n) is 3.47. The van der Waals surface area contributed by atoms with Gasteiger partial charge in [0.15, 0.2) is 5.69 Å². The van der Waals surface area contributed by atoms with Crippen LogP contribution in [0.25, 0.3) is 0 Å². The van der Waals surface area contributed by atoms with Gasteiger partial charge in [-0.25, -0.2) is 13.1 Å². The first kappa shape index (κ1) is 31.0. The number of thiazole rings is 1. The molecule has 1 amide bonds. The number of carbonyl (C=O) groups is 1. The van der Waals surface area contributed by atoms with E-state index in [2.05, 4.69) is 57.1 Å². The maximum atomic E-state index is 13.0. The van der Waals surface area contributed by atoms with Gasteiger partial charge in [-0.2, -0.15) is 15.0 Å². The van der Waals surface area contributed by atoms with Crippen molar-refractivity contribution in [2.45, 2.75) is 53.0 Å². The largest absolute Gasteiger partial charge is 0.479 e. The van der Waals surface area contributed by atoms with Crippen LogP contribution in [0.2, 0.25) is 0 Å². The number of nitrogens with one attached hydrogen (secondary N) is 3. The SMILES string of the molecule is COc1nc(NCCS(=O)(=O)NC(C)C)nc(OC)c1NC(=O)c1csc(Oc2cc(C(C)(C)C)ccc2C)n1. The lowest BCUT2D eigenvalue weighted by atomic mass is 9.86. The molecule has 1 aromatic carbocycles. The molecule has 0 saturated carbocycles. The Hall–Kier alpha value is -3.49. The molecular weight excluding hydrogens is 556 g/mol. The van der Waals surface area contributed by atoms with Gasteiger partial charge >= 0.3 is 0 Å². The summed E-state index contributed by atoms with van der Waals surface area (Å²) in [4.78, 5) is 25.8. The smallest absolute Gasteiger partial charge is 0.279 e. The first-order valence-corrected chi connectivity index (χ1v) is 15.1. The lowest BCUT2D eigenvalue weighted by molar-refractivity contribution is 0.102. The Balaban J connectivity index is 1.74. The van der Waals surface area contributed by atoms with Crippen molar-refractivity contribution in [3.8, 4) is 22.7 Å². The summed E-state index contributed by atoms with van der Waals surface area (Å²) in [6, 6.07) is 5.83. The third kappa shape index (κ3) is 8.26. The standard InChI is InChI=1S/C26H36N6O6S2/c1-15(2)32-40(34,35)12-11-27-24-30-22(36-7)20(23(31-24)37-8)29-21(33)18-14-39-25(28-18)38-19-13-17(26(4,5)6)10-9-16(19)3/h9-10,13-15,32H,11-12H2,1-8H3,(H,29,33)(H,27,30,31). The minimum absolute atomic E-state index is 0.0205. The number of methoxy groups -OCH3 is 2. The summed E-state index contributed by atoms with van der Waals surface area (Å²) in [5, 5.41) is 7.42. The van der Waals surface area contributed by atoms with E-state index in [0.29, 0.717) is 10.9 Å². The van der Waals surface area contributed by atoms with E-state index in [1.165, 1.54) is 25.6 Å². The predicted molar refractivity (Wildman–Crippen MR) is 156 cm³/mol. The van der Waals surface area contributed by atoms with Crippen molar-refractivity contribution in [2.24, 2.45) is 0 Å². The molecular formula is C26H36N6O6S2. The Morgan fingerprint density at radius 1 is 1.07 bits per heavy atom. The molecule has 0 unspecified atom stereocenters.